The molecule has 2 N–H and O–H groups in total. The lowest BCUT2D eigenvalue weighted by Crippen LogP contribution is -2.41. The zero-order valence-corrected chi connectivity index (χ0v) is 12.9. The number of ether oxygens (including phenoxy) is 1. The Morgan fingerprint density at radius 2 is 2.26 bits per heavy atom. The van der Waals surface area contributed by atoms with E-state index in [1.165, 1.54) is 0 Å². The van der Waals surface area contributed by atoms with Crippen LogP contribution in [0.2, 0.25) is 0 Å². The van der Waals surface area contributed by atoms with E-state index in [2.05, 4.69) is 20.8 Å². The van der Waals surface area contributed by atoms with Crippen molar-refractivity contribution in [1.82, 2.24) is 20.8 Å². The zero-order valence-electron chi connectivity index (χ0n) is 12.9. The van der Waals surface area contributed by atoms with Gasteiger partial charge >= 0.3 is 6.03 Å². The Bertz CT molecular complexity index is 619. The van der Waals surface area contributed by atoms with Gasteiger partial charge in [0, 0.05) is 25.3 Å². The highest BCUT2D eigenvalue weighted by molar-refractivity contribution is 5.74. The Kier molecular flexibility index (Phi) is 4.92. The maximum absolute atomic E-state index is 12.2. The molecule has 8 nitrogen and oxygen atoms in total. The summed E-state index contributed by atoms with van der Waals surface area (Å²) in [5.41, 5.74) is 0.899. The first kappa shape index (κ1) is 15.5. The number of carbonyl (C=O) groups excluding carboxylic acids is 1. The molecular weight excluding hydrogens is 300 g/mol. The Morgan fingerprint density at radius 3 is 2.91 bits per heavy atom. The first-order valence-corrected chi connectivity index (χ1v) is 7.66. The molecule has 0 unspecified atom stereocenters. The summed E-state index contributed by atoms with van der Waals surface area (Å²) < 4.78 is 15.6. The quantitative estimate of drug-likeness (QED) is 0.873. The fraction of sp³-hybridized carbons (Fsp3) is 0.533. The second kappa shape index (κ2) is 7.28. The summed E-state index contributed by atoms with van der Waals surface area (Å²) >= 11 is 0. The fourth-order valence-corrected chi connectivity index (χ4v) is 2.64. The smallest absolute Gasteiger partial charge is 0.315 e. The van der Waals surface area contributed by atoms with Gasteiger partial charge in [-0.1, -0.05) is 5.16 Å². The normalized spacial score (nSPS) is 16.9. The molecule has 2 aromatic rings. The van der Waals surface area contributed by atoms with E-state index in [4.69, 9.17) is 13.7 Å². The molecule has 8 heteroatoms. The Morgan fingerprint density at radius 1 is 1.43 bits per heavy atom. The molecule has 0 saturated carbocycles. The lowest BCUT2D eigenvalue weighted by atomic mass is 9.91. The average molecular weight is 320 g/mol. The number of furan rings is 1. The minimum Gasteiger partial charge on any atom is -0.472 e. The van der Waals surface area contributed by atoms with E-state index in [0.29, 0.717) is 31.5 Å². The highest BCUT2D eigenvalue weighted by Gasteiger charge is 2.31. The van der Waals surface area contributed by atoms with Crippen molar-refractivity contribution in [2.24, 2.45) is 5.92 Å². The van der Waals surface area contributed by atoms with Crippen molar-refractivity contribution < 1.29 is 18.5 Å². The molecule has 1 aliphatic heterocycles. The van der Waals surface area contributed by atoms with Gasteiger partial charge in [-0.15, -0.1) is 0 Å². The zero-order chi connectivity index (χ0) is 16.1. The number of rotatable bonds is 5. The van der Waals surface area contributed by atoms with E-state index >= 15 is 0 Å². The molecule has 23 heavy (non-hydrogen) atoms. The van der Waals surface area contributed by atoms with Crippen LogP contribution in [0.5, 0.6) is 0 Å². The highest BCUT2D eigenvalue weighted by Crippen LogP contribution is 2.29. The summed E-state index contributed by atoms with van der Waals surface area (Å²) in [6.45, 7) is 3.50. The number of urea groups is 1. The lowest BCUT2D eigenvalue weighted by Gasteiger charge is -2.28. The number of carbonyl (C=O) groups is 1. The molecule has 1 atom stereocenters. The van der Waals surface area contributed by atoms with E-state index in [1.54, 1.807) is 25.5 Å². The molecule has 3 heterocycles. The number of amides is 2. The summed E-state index contributed by atoms with van der Waals surface area (Å²) in [5, 5.41) is 9.57. The first-order valence-electron chi connectivity index (χ1n) is 7.66. The number of aromatic nitrogens is 2. The third kappa shape index (κ3) is 4.10. The third-order valence-corrected chi connectivity index (χ3v) is 3.87. The van der Waals surface area contributed by atoms with Crippen LogP contribution in [0.4, 0.5) is 4.79 Å². The molecule has 0 aliphatic carbocycles. The molecule has 0 spiro atoms. The topological polar surface area (TPSA) is 102 Å². The van der Waals surface area contributed by atoms with Crippen molar-refractivity contribution in [2.75, 3.05) is 13.2 Å². The van der Waals surface area contributed by atoms with Crippen LogP contribution in [0.3, 0.4) is 0 Å². The van der Waals surface area contributed by atoms with Crippen molar-refractivity contribution in [3.05, 3.63) is 35.9 Å². The molecule has 2 amide bonds. The molecule has 2 aromatic heterocycles. The van der Waals surface area contributed by atoms with Gasteiger partial charge in [0.15, 0.2) is 5.82 Å². The Labute approximate surface area is 133 Å². The van der Waals surface area contributed by atoms with Crippen LogP contribution in [0.25, 0.3) is 0 Å². The molecule has 1 saturated heterocycles. The van der Waals surface area contributed by atoms with Crippen molar-refractivity contribution in [2.45, 2.75) is 32.4 Å². The van der Waals surface area contributed by atoms with Gasteiger partial charge in [0.25, 0.3) is 0 Å². The monoisotopic (exact) mass is 320 g/mol. The van der Waals surface area contributed by atoms with Crippen LogP contribution < -0.4 is 10.6 Å². The van der Waals surface area contributed by atoms with Crippen LogP contribution in [0.1, 0.15) is 36.2 Å². The van der Waals surface area contributed by atoms with Gasteiger partial charge in [-0.3, -0.25) is 0 Å². The third-order valence-electron chi connectivity index (χ3n) is 3.87. The summed E-state index contributed by atoms with van der Waals surface area (Å²) in [7, 11) is 0. The summed E-state index contributed by atoms with van der Waals surface area (Å²) in [6.07, 6.45) is 4.85. The number of nitrogens with zero attached hydrogens (tertiary/aromatic N) is 2. The van der Waals surface area contributed by atoms with E-state index < -0.39 is 0 Å². The second-order valence-corrected chi connectivity index (χ2v) is 5.57. The van der Waals surface area contributed by atoms with Gasteiger partial charge in [-0.25, -0.2) is 4.79 Å². The Balaban J connectivity index is 1.64. The number of nitrogens with one attached hydrogen (secondary N) is 2. The van der Waals surface area contributed by atoms with Gasteiger partial charge in [0.2, 0.25) is 5.89 Å². The molecule has 0 bridgehead atoms. The fourth-order valence-electron chi connectivity index (χ4n) is 2.64. The van der Waals surface area contributed by atoms with Gasteiger partial charge in [0.05, 0.1) is 12.5 Å². The predicted octanol–water partition coefficient (Wildman–Crippen LogP) is 1.94. The van der Waals surface area contributed by atoms with Crippen LogP contribution in [0.15, 0.2) is 27.5 Å². The molecular formula is C15H20N4O4. The van der Waals surface area contributed by atoms with Crippen LogP contribution in [-0.2, 0) is 11.3 Å². The number of hydrogen-bond acceptors (Lipinski definition) is 6. The van der Waals surface area contributed by atoms with Gasteiger partial charge in [-0.05, 0) is 31.7 Å². The van der Waals surface area contributed by atoms with Crippen molar-refractivity contribution in [1.29, 1.82) is 0 Å². The summed E-state index contributed by atoms with van der Waals surface area (Å²) in [6, 6.07) is 1.21. The lowest BCUT2D eigenvalue weighted by molar-refractivity contribution is 0.0503. The SMILES string of the molecule is Cc1noc([C@H](NC(=O)NCc2ccoc2)C2CCOCC2)n1. The molecule has 124 valence electrons. The average Bonchev–Trinajstić information content (AvgIpc) is 3.23. The molecule has 0 aromatic carbocycles. The van der Waals surface area contributed by atoms with Crippen LogP contribution in [-0.4, -0.2) is 29.4 Å². The van der Waals surface area contributed by atoms with E-state index in [9.17, 15) is 4.79 Å². The molecule has 0 radical (unpaired) electrons. The maximum atomic E-state index is 12.2. The number of aryl methyl sites for hydroxylation is 1. The van der Waals surface area contributed by atoms with Gasteiger partial charge < -0.3 is 24.3 Å². The second-order valence-electron chi connectivity index (χ2n) is 5.57. The first-order chi connectivity index (χ1) is 11.2. The van der Waals surface area contributed by atoms with Crippen LogP contribution >= 0.6 is 0 Å². The van der Waals surface area contributed by atoms with E-state index in [-0.39, 0.29) is 18.0 Å². The molecule has 1 aliphatic rings. The minimum absolute atomic E-state index is 0.211. The van der Waals surface area contributed by atoms with Crippen molar-refractivity contribution in [3.8, 4) is 0 Å². The maximum Gasteiger partial charge on any atom is 0.315 e. The Hall–Kier alpha value is -2.35. The van der Waals surface area contributed by atoms with Gasteiger partial charge in [0.1, 0.15) is 6.04 Å². The van der Waals surface area contributed by atoms with E-state index in [1.807, 2.05) is 0 Å². The summed E-state index contributed by atoms with van der Waals surface area (Å²) in [4.78, 5) is 16.5. The van der Waals surface area contributed by atoms with Crippen molar-refractivity contribution >= 4 is 6.03 Å². The standard InChI is InChI=1S/C15H20N4O4/c1-10-17-14(23-19-10)13(12-3-6-21-7-4-12)18-15(20)16-8-11-2-5-22-9-11/h2,5,9,12-13H,3-4,6-8H2,1H3,(H2,16,18,20)/t13-/m1/s1. The van der Waals surface area contributed by atoms with Gasteiger partial charge in [-0.2, -0.15) is 4.98 Å². The molecule has 1 fully saturated rings. The minimum atomic E-state index is -0.315. The van der Waals surface area contributed by atoms with Crippen LogP contribution in [0, 0.1) is 12.8 Å². The predicted molar refractivity (Wildman–Crippen MR) is 79.4 cm³/mol. The van der Waals surface area contributed by atoms with E-state index in [0.717, 1.165) is 18.4 Å². The highest BCUT2D eigenvalue weighted by atomic mass is 16.5. The van der Waals surface area contributed by atoms with Crippen molar-refractivity contribution in [3.63, 3.8) is 0 Å². The number of hydrogen-bond donors (Lipinski definition) is 2. The molecule has 3 rings (SSSR count). The summed E-state index contributed by atoms with van der Waals surface area (Å²) in [5.74, 6) is 1.20. The largest absolute Gasteiger partial charge is 0.472 e.